The smallest absolute Gasteiger partial charge is 0.192 e. The van der Waals surface area contributed by atoms with Crippen molar-refractivity contribution in [2.45, 2.75) is 70.3 Å². The molecule has 0 aliphatic heterocycles. The lowest BCUT2D eigenvalue weighted by molar-refractivity contribution is 0.177. The summed E-state index contributed by atoms with van der Waals surface area (Å²) >= 11 is 6.07. The van der Waals surface area contributed by atoms with Crippen LogP contribution in [-0.2, 0) is 4.43 Å². The summed E-state index contributed by atoms with van der Waals surface area (Å²) < 4.78 is 6.62. The van der Waals surface area contributed by atoms with E-state index < -0.39 is 8.32 Å². The predicted octanol–water partition coefficient (Wildman–Crippen LogP) is 5.69. The van der Waals surface area contributed by atoms with Crippen molar-refractivity contribution >= 4 is 25.6 Å². The Kier molecular flexibility index (Phi) is 5.06. The Morgan fingerprint density at radius 2 is 1.95 bits per heavy atom. The predicted molar refractivity (Wildman–Crippen MR) is 94.8 cm³/mol. The molecule has 1 aliphatic rings. The molecule has 21 heavy (non-hydrogen) atoms. The molecule has 0 aromatic heterocycles. The van der Waals surface area contributed by atoms with E-state index in [9.17, 15) is 0 Å². The first-order valence-corrected chi connectivity index (χ1v) is 11.2. The van der Waals surface area contributed by atoms with Gasteiger partial charge in [-0.3, -0.25) is 0 Å². The normalized spacial score (nSPS) is 23.3. The van der Waals surface area contributed by atoms with E-state index >= 15 is 0 Å². The van der Waals surface area contributed by atoms with Gasteiger partial charge in [0.15, 0.2) is 8.32 Å². The molecule has 0 saturated heterocycles. The first kappa shape index (κ1) is 16.9. The van der Waals surface area contributed by atoms with Gasteiger partial charge in [0.1, 0.15) is 0 Å². The van der Waals surface area contributed by atoms with E-state index in [2.05, 4.69) is 45.2 Å². The molecule has 2 nitrogen and oxygen atoms in total. The highest BCUT2D eigenvalue weighted by Gasteiger charge is 2.41. The van der Waals surface area contributed by atoms with Crippen molar-refractivity contribution in [1.82, 2.24) is 0 Å². The van der Waals surface area contributed by atoms with E-state index in [1.807, 2.05) is 18.2 Å². The average molecular weight is 326 g/mol. The summed E-state index contributed by atoms with van der Waals surface area (Å²) in [6.45, 7) is 11.6. The van der Waals surface area contributed by atoms with Gasteiger partial charge in [0, 0.05) is 10.7 Å². The Labute approximate surface area is 135 Å². The van der Waals surface area contributed by atoms with Crippen molar-refractivity contribution in [3.63, 3.8) is 0 Å². The summed E-state index contributed by atoms with van der Waals surface area (Å²) in [7, 11) is -1.71. The average Bonchev–Trinajstić information content (AvgIpc) is 2.74. The number of hydrogen-bond donors (Lipinski definition) is 1. The minimum absolute atomic E-state index is 0.260. The van der Waals surface area contributed by atoms with Crippen LogP contribution in [0.5, 0.6) is 0 Å². The standard InChI is InChI=1S/C17H28ClNOSi/c1-17(2,3)21(4,5)20-16-11-7-10-15(16)19-14-9-6-8-13(18)12-14/h6,8-9,12,15-16,19H,7,10-11H2,1-5H3/t15-,16-/m0/s1. The van der Waals surface area contributed by atoms with Crippen molar-refractivity contribution in [3.8, 4) is 0 Å². The van der Waals surface area contributed by atoms with Crippen molar-refractivity contribution in [2.75, 3.05) is 5.32 Å². The summed E-state index contributed by atoms with van der Waals surface area (Å²) in [4.78, 5) is 0. The van der Waals surface area contributed by atoms with Gasteiger partial charge < -0.3 is 9.74 Å². The molecule has 1 aromatic carbocycles. The van der Waals surface area contributed by atoms with E-state index in [4.69, 9.17) is 16.0 Å². The van der Waals surface area contributed by atoms with Crippen LogP contribution in [-0.4, -0.2) is 20.5 Å². The van der Waals surface area contributed by atoms with Gasteiger partial charge in [-0.05, 0) is 55.6 Å². The number of benzene rings is 1. The maximum absolute atomic E-state index is 6.62. The van der Waals surface area contributed by atoms with Crippen LogP contribution in [0, 0.1) is 0 Å². The molecule has 0 bridgehead atoms. The Bertz CT molecular complexity index is 484. The second-order valence-electron chi connectivity index (χ2n) is 7.61. The molecule has 0 unspecified atom stereocenters. The highest BCUT2D eigenvalue weighted by Crippen LogP contribution is 2.40. The lowest BCUT2D eigenvalue weighted by Gasteiger charge is -2.40. The third-order valence-electron chi connectivity index (χ3n) is 4.88. The largest absolute Gasteiger partial charge is 0.412 e. The third kappa shape index (κ3) is 4.24. The first-order chi connectivity index (χ1) is 9.69. The SMILES string of the molecule is CC(C)(C)[Si](C)(C)O[C@H]1CCC[C@@H]1Nc1cccc(Cl)c1. The zero-order valence-corrected chi connectivity index (χ0v) is 15.6. The van der Waals surface area contributed by atoms with E-state index in [0.717, 1.165) is 17.1 Å². The van der Waals surface area contributed by atoms with Crippen molar-refractivity contribution in [2.24, 2.45) is 0 Å². The van der Waals surface area contributed by atoms with Crippen LogP contribution in [0.1, 0.15) is 40.0 Å². The van der Waals surface area contributed by atoms with E-state index in [1.165, 1.54) is 12.8 Å². The maximum Gasteiger partial charge on any atom is 0.192 e. The Morgan fingerprint density at radius 3 is 2.57 bits per heavy atom. The number of rotatable bonds is 4. The minimum atomic E-state index is -1.71. The zero-order valence-electron chi connectivity index (χ0n) is 13.9. The Hall–Kier alpha value is -0.513. The molecule has 2 rings (SSSR count). The second-order valence-corrected chi connectivity index (χ2v) is 12.8. The van der Waals surface area contributed by atoms with Crippen molar-refractivity contribution in [1.29, 1.82) is 0 Å². The van der Waals surface area contributed by atoms with Crippen molar-refractivity contribution < 1.29 is 4.43 Å². The lowest BCUT2D eigenvalue weighted by Crippen LogP contribution is -2.47. The molecule has 118 valence electrons. The van der Waals surface area contributed by atoms with Crippen LogP contribution < -0.4 is 5.32 Å². The number of hydrogen-bond acceptors (Lipinski definition) is 2. The van der Waals surface area contributed by atoms with Crippen molar-refractivity contribution in [3.05, 3.63) is 29.3 Å². The molecule has 1 aliphatic carbocycles. The maximum atomic E-state index is 6.62. The summed E-state index contributed by atoms with van der Waals surface area (Å²) in [6, 6.07) is 8.36. The van der Waals surface area contributed by atoms with Gasteiger partial charge in [-0.15, -0.1) is 0 Å². The van der Waals surface area contributed by atoms with E-state index in [0.29, 0.717) is 12.1 Å². The summed E-state index contributed by atoms with van der Waals surface area (Å²) in [5.74, 6) is 0. The van der Waals surface area contributed by atoms with Crippen LogP contribution in [0.2, 0.25) is 23.2 Å². The van der Waals surface area contributed by atoms with Gasteiger partial charge in [0.2, 0.25) is 0 Å². The molecule has 0 radical (unpaired) electrons. The zero-order chi connectivity index (χ0) is 15.7. The van der Waals surface area contributed by atoms with Crippen LogP contribution in [0.25, 0.3) is 0 Å². The number of halogens is 1. The fraction of sp³-hybridized carbons (Fsp3) is 0.647. The van der Waals surface area contributed by atoms with Crippen LogP contribution in [0.3, 0.4) is 0 Å². The van der Waals surface area contributed by atoms with Gasteiger partial charge in [0.05, 0.1) is 12.1 Å². The van der Waals surface area contributed by atoms with Crippen LogP contribution in [0.4, 0.5) is 5.69 Å². The van der Waals surface area contributed by atoms with Gasteiger partial charge >= 0.3 is 0 Å². The summed E-state index contributed by atoms with van der Waals surface area (Å²) in [5.41, 5.74) is 1.10. The van der Waals surface area contributed by atoms with Gasteiger partial charge in [-0.2, -0.15) is 0 Å². The fourth-order valence-corrected chi connectivity index (χ4v) is 4.16. The highest BCUT2D eigenvalue weighted by atomic mass is 35.5. The van der Waals surface area contributed by atoms with Crippen LogP contribution >= 0.6 is 11.6 Å². The molecular weight excluding hydrogens is 298 g/mol. The molecule has 1 fully saturated rings. The summed E-state index contributed by atoms with van der Waals surface area (Å²) in [5, 5.41) is 4.66. The van der Waals surface area contributed by atoms with Gasteiger partial charge in [0.25, 0.3) is 0 Å². The lowest BCUT2D eigenvalue weighted by atomic mass is 10.2. The van der Waals surface area contributed by atoms with Gasteiger partial charge in [-0.1, -0.05) is 38.4 Å². The Balaban J connectivity index is 2.04. The van der Waals surface area contributed by atoms with E-state index in [1.54, 1.807) is 0 Å². The molecule has 0 amide bonds. The molecular formula is C17H28ClNOSi. The number of anilines is 1. The van der Waals surface area contributed by atoms with Crippen LogP contribution in [0.15, 0.2) is 24.3 Å². The molecule has 1 aromatic rings. The third-order valence-corrected chi connectivity index (χ3v) is 9.62. The molecule has 2 atom stereocenters. The molecule has 0 spiro atoms. The highest BCUT2D eigenvalue weighted by molar-refractivity contribution is 6.74. The summed E-state index contributed by atoms with van der Waals surface area (Å²) in [6.07, 6.45) is 3.89. The monoisotopic (exact) mass is 325 g/mol. The van der Waals surface area contributed by atoms with Gasteiger partial charge in [-0.25, -0.2) is 0 Å². The van der Waals surface area contributed by atoms with E-state index in [-0.39, 0.29) is 5.04 Å². The molecule has 1 saturated carbocycles. The first-order valence-electron chi connectivity index (χ1n) is 7.89. The molecule has 1 N–H and O–H groups in total. The molecule has 4 heteroatoms. The quantitative estimate of drug-likeness (QED) is 0.717. The second kappa shape index (κ2) is 6.31. The minimum Gasteiger partial charge on any atom is -0.412 e. The number of nitrogens with one attached hydrogen (secondary N) is 1. The Morgan fingerprint density at radius 1 is 1.24 bits per heavy atom. The topological polar surface area (TPSA) is 21.3 Å². The molecule has 0 heterocycles. The fourth-order valence-electron chi connectivity index (χ4n) is 2.58.